The zero-order valence-electron chi connectivity index (χ0n) is 19.8. The van der Waals surface area contributed by atoms with Crippen molar-refractivity contribution in [1.29, 1.82) is 0 Å². The van der Waals surface area contributed by atoms with Crippen molar-refractivity contribution in [1.82, 2.24) is 19.9 Å². The highest BCUT2D eigenvalue weighted by Crippen LogP contribution is 2.39. The molecular formula is C24H25N7O5. The van der Waals surface area contributed by atoms with E-state index >= 15 is 0 Å². The molecule has 36 heavy (non-hydrogen) atoms. The van der Waals surface area contributed by atoms with Gasteiger partial charge in [0.1, 0.15) is 12.1 Å². The second-order valence-corrected chi connectivity index (χ2v) is 8.52. The summed E-state index contributed by atoms with van der Waals surface area (Å²) in [6.45, 7) is 7.11. The van der Waals surface area contributed by atoms with E-state index in [0.717, 1.165) is 22.6 Å². The predicted molar refractivity (Wildman–Crippen MR) is 130 cm³/mol. The number of anilines is 3. The van der Waals surface area contributed by atoms with Crippen LogP contribution in [-0.4, -0.2) is 78.4 Å². The monoisotopic (exact) mass is 491 g/mol. The van der Waals surface area contributed by atoms with Crippen molar-refractivity contribution >= 4 is 34.7 Å². The maximum absolute atomic E-state index is 12.8. The molecule has 0 saturated carbocycles. The van der Waals surface area contributed by atoms with E-state index in [-0.39, 0.29) is 11.6 Å². The third-order valence-corrected chi connectivity index (χ3v) is 6.27. The van der Waals surface area contributed by atoms with Gasteiger partial charge in [-0.25, -0.2) is 9.97 Å². The molecule has 0 bridgehead atoms. The van der Waals surface area contributed by atoms with Crippen molar-refractivity contribution in [3.8, 4) is 11.1 Å². The molecule has 2 fully saturated rings. The molecular weight excluding hydrogens is 466 g/mol. The van der Waals surface area contributed by atoms with Crippen molar-refractivity contribution in [2.45, 2.75) is 6.92 Å². The molecule has 186 valence electrons. The smallest absolute Gasteiger partial charge is 0.300 e. The Hall–Kier alpha value is -4.03. The minimum Gasteiger partial charge on any atom is -0.451 e. The topological polar surface area (TPSA) is 132 Å². The average molecular weight is 492 g/mol. The summed E-state index contributed by atoms with van der Waals surface area (Å²) >= 11 is 0. The number of oxazole rings is 2. The number of fused-ring (bicyclic) bond motifs is 1. The lowest BCUT2D eigenvalue weighted by atomic mass is 10.0. The third-order valence-electron chi connectivity index (χ3n) is 6.27. The van der Waals surface area contributed by atoms with Gasteiger partial charge in [0.2, 0.25) is 5.65 Å². The molecule has 0 unspecified atom stereocenters. The fourth-order valence-corrected chi connectivity index (χ4v) is 4.45. The Kier molecular flexibility index (Phi) is 5.95. The average Bonchev–Trinajstić information content (AvgIpc) is 3.60. The number of carbonyl (C=O) groups excluding carboxylic acids is 1. The summed E-state index contributed by atoms with van der Waals surface area (Å²) in [4.78, 5) is 35.1. The van der Waals surface area contributed by atoms with Crippen LogP contribution in [0.3, 0.4) is 0 Å². The molecule has 1 N–H and O–H groups in total. The quantitative estimate of drug-likeness (QED) is 0.442. The van der Waals surface area contributed by atoms with Crippen LogP contribution < -0.4 is 15.1 Å². The Morgan fingerprint density at radius 1 is 1.00 bits per heavy atom. The second kappa shape index (κ2) is 9.55. The number of amides is 1. The van der Waals surface area contributed by atoms with Crippen LogP contribution in [-0.2, 0) is 9.47 Å². The molecule has 0 aliphatic carbocycles. The number of morpholine rings is 2. The van der Waals surface area contributed by atoms with Gasteiger partial charge in [-0.1, -0.05) is 0 Å². The van der Waals surface area contributed by atoms with Crippen molar-refractivity contribution in [3.05, 3.63) is 42.4 Å². The molecule has 0 spiro atoms. The number of nitrogens with zero attached hydrogens (tertiary/aromatic N) is 6. The predicted octanol–water partition coefficient (Wildman–Crippen LogP) is 2.51. The van der Waals surface area contributed by atoms with Gasteiger partial charge in [-0.15, -0.1) is 0 Å². The molecule has 12 nitrogen and oxygen atoms in total. The van der Waals surface area contributed by atoms with Gasteiger partial charge in [-0.05, 0) is 19.1 Å². The number of hydrogen-bond acceptors (Lipinski definition) is 11. The summed E-state index contributed by atoms with van der Waals surface area (Å²) < 4.78 is 22.2. The van der Waals surface area contributed by atoms with Crippen molar-refractivity contribution in [2.24, 2.45) is 0 Å². The van der Waals surface area contributed by atoms with E-state index in [2.05, 4.69) is 30.1 Å². The van der Waals surface area contributed by atoms with E-state index in [1.807, 2.05) is 13.0 Å². The molecule has 2 saturated heterocycles. The number of ether oxygens (including phenoxy) is 2. The van der Waals surface area contributed by atoms with Crippen LogP contribution in [0.1, 0.15) is 16.2 Å². The summed E-state index contributed by atoms with van der Waals surface area (Å²) in [5, 5.41) is 2.95. The molecule has 6 rings (SSSR count). The van der Waals surface area contributed by atoms with Gasteiger partial charge < -0.3 is 33.4 Å². The zero-order chi connectivity index (χ0) is 24.5. The van der Waals surface area contributed by atoms with Gasteiger partial charge in [0.15, 0.2) is 17.7 Å². The van der Waals surface area contributed by atoms with Crippen molar-refractivity contribution < 1.29 is 23.1 Å². The van der Waals surface area contributed by atoms with Gasteiger partial charge in [0.25, 0.3) is 11.9 Å². The molecule has 0 atom stereocenters. The minimum atomic E-state index is -0.383. The molecule has 2 aliphatic rings. The first-order valence-corrected chi connectivity index (χ1v) is 11.8. The number of rotatable bonds is 5. The van der Waals surface area contributed by atoms with Gasteiger partial charge in [-0.3, -0.25) is 9.78 Å². The molecule has 0 aromatic carbocycles. The number of nitrogens with one attached hydrogen (secondary N) is 1. The fraction of sp³-hybridized carbons (Fsp3) is 0.375. The normalized spacial score (nSPS) is 16.5. The van der Waals surface area contributed by atoms with Gasteiger partial charge in [0.05, 0.1) is 32.1 Å². The Morgan fingerprint density at radius 3 is 2.47 bits per heavy atom. The minimum absolute atomic E-state index is 0.183. The van der Waals surface area contributed by atoms with Crippen LogP contribution in [0, 0.1) is 6.92 Å². The van der Waals surface area contributed by atoms with E-state index in [1.54, 1.807) is 12.3 Å². The van der Waals surface area contributed by atoms with Crippen LogP contribution in [0.25, 0.3) is 22.4 Å². The number of aryl methyl sites for hydroxylation is 1. The lowest BCUT2D eigenvalue weighted by Gasteiger charge is -2.30. The second-order valence-electron chi connectivity index (χ2n) is 8.52. The summed E-state index contributed by atoms with van der Waals surface area (Å²) in [5.41, 5.74) is 4.11. The summed E-state index contributed by atoms with van der Waals surface area (Å²) in [5.74, 6) is 0.354. The summed E-state index contributed by atoms with van der Waals surface area (Å²) in [6, 6.07) is 4.21. The SMILES string of the molecule is Cc1nccc(NC(=O)c2cocn2)c1-c1cc2oc(N3CCOCC3)nc2nc1N1CCOCC1. The molecule has 4 aromatic heterocycles. The van der Waals surface area contributed by atoms with E-state index in [0.29, 0.717) is 75.5 Å². The van der Waals surface area contributed by atoms with Gasteiger partial charge in [0, 0.05) is 49.2 Å². The number of hydrogen-bond donors (Lipinski definition) is 1. The Labute approximate surface area is 206 Å². The van der Waals surface area contributed by atoms with Crippen LogP contribution in [0.2, 0.25) is 0 Å². The Bertz CT molecular complexity index is 1380. The maximum Gasteiger partial charge on any atom is 0.300 e. The first-order valence-electron chi connectivity index (χ1n) is 11.8. The van der Waals surface area contributed by atoms with Crippen molar-refractivity contribution in [3.63, 3.8) is 0 Å². The Morgan fingerprint density at radius 2 is 1.75 bits per heavy atom. The highest BCUT2D eigenvalue weighted by Gasteiger charge is 2.25. The van der Waals surface area contributed by atoms with E-state index < -0.39 is 0 Å². The standard InChI is InChI=1S/C24H25N7O5/c1-15-20(17(2-3-25-15)27-23(32)18-13-35-14-26-18)16-12-19-21(28-22(16)30-4-8-33-9-5-30)29-24(36-19)31-6-10-34-11-7-31/h2-3,12-14H,4-11H2,1H3,(H,25,27,32). The highest BCUT2D eigenvalue weighted by atomic mass is 16.5. The number of pyridine rings is 2. The molecule has 4 aromatic rings. The van der Waals surface area contributed by atoms with Crippen LogP contribution in [0.5, 0.6) is 0 Å². The van der Waals surface area contributed by atoms with Crippen molar-refractivity contribution in [2.75, 3.05) is 67.7 Å². The third kappa shape index (κ3) is 4.25. The molecule has 2 aliphatic heterocycles. The molecule has 1 amide bonds. The van der Waals surface area contributed by atoms with Gasteiger partial charge in [-0.2, -0.15) is 4.98 Å². The van der Waals surface area contributed by atoms with E-state index in [9.17, 15) is 4.79 Å². The number of aromatic nitrogens is 4. The first kappa shape index (κ1) is 22.4. The fourth-order valence-electron chi connectivity index (χ4n) is 4.45. The van der Waals surface area contributed by atoms with Crippen LogP contribution in [0.4, 0.5) is 17.5 Å². The molecule has 12 heteroatoms. The lowest BCUT2D eigenvalue weighted by Crippen LogP contribution is -2.37. The highest BCUT2D eigenvalue weighted by molar-refractivity contribution is 6.06. The Balaban J connectivity index is 1.47. The van der Waals surface area contributed by atoms with Gasteiger partial charge >= 0.3 is 0 Å². The van der Waals surface area contributed by atoms with E-state index in [1.165, 1.54) is 12.7 Å². The zero-order valence-corrected chi connectivity index (χ0v) is 19.8. The lowest BCUT2D eigenvalue weighted by molar-refractivity contribution is 0.102. The molecule has 0 radical (unpaired) electrons. The molecule has 6 heterocycles. The largest absolute Gasteiger partial charge is 0.451 e. The maximum atomic E-state index is 12.8. The summed E-state index contributed by atoms with van der Waals surface area (Å²) in [6.07, 6.45) is 4.18. The van der Waals surface area contributed by atoms with E-state index in [4.69, 9.17) is 23.3 Å². The number of carbonyl (C=O) groups is 1. The summed E-state index contributed by atoms with van der Waals surface area (Å²) in [7, 11) is 0. The van der Waals surface area contributed by atoms with Crippen LogP contribution >= 0.6 is 0 Å². The first-order chi connectivity index (χ1) is 17.7. The van der Waals surface area contributed by atoms with Crippen LogP contribution in [0.15, 0.2) is 39.8 Å².